The highest BCUT2D eigenvalue weighted by Crippen LogP contribution is 2.37. The van der Waals surface area contributed by atoms with Crippen molar-refractivity contribution in [2.45, 2.75) is 11.8 Å². The molecule has 5 nitrogen and oxygen atoms in total. The van der Waals surface area contributed by atoms with Crippen molar-refractivity contribution in [3.8, 4) is 0 Å². The average Bonchev–Trinajstić information content (AvgIpc) is 2.74. The van der Waals surface area contributed by atoms with Crippen LogP contribution in [0.5, 0.6) is 0 Å². The summed E-state index contributed by atoms with van der Waals surface area (Å²) in [6.45, 7) is 1.64. The van der Waals surface area contributed by atoms with E-state index in [4.69, 9.17) is 0 Å². The highest BCUT2D eigenvalue weighted by Gasteiger charge is 2.29. The first-order valence-corrected chi connectivity index (χ1v) is 10.8. The number of hydrogen-bond acceptors (Lipinski definition) is 3. The van der Waals surface area contributed by atoms with E-state index in [1.807, 2.05) is 36.4 Å². The SMILES string of the molecule is Cc1ccc(S(=O)(=O)N(c2ccccc2)c2cccc3ccccc23)cc1C(=O)O. The molecular weight excluding hydrogens is 398 g/mol. The number of hydrogen-bond donors (Lipinski definition) is 1. The first-order chi connectivity index (χ1) is 14.4. The second-order valence-corrected chi connectivity index (χ2v) is 8.67. The van der Waals surface area contributed by atoms with Crippen LogP contribution in [0.25, 0.3) is 10.8 Å². The Hall–Kier alpha value is -3.64. The Morgan fingerprint density at radius 2 is 1.50 bits per heavy atom. The Morgan fingerprint density at radius 1 is 0.833 bits per heavy atom. The molecule has 0 amide bonds. The number of sulfonamides is 1. The molecule has 6 heteroatoms. The number of rotatable bonds is 5. The predicted octanol–water partition coefficient (Wildman–Crippen LogP) is 5.37. The molecule has 150 valence electrons. The molecule has 0 radical (unpaired) electrons. The molecule has 0 heterocycles. The normalized spacial score (nSPS) is 11.4. The Kier molecular flexibility index (Phi) is 5.01. The van der Waals surface area contributed by atoms with Crippen molar-refractivity contribution < 1.29 is 18.3 Å². The number of fused-ring (bicyclic) bond motifs is 1. The summed E-state index contributed by atoms with van der Waals surface area (Å²) in [5, 5.41) is 11.1. The van der Waals surface area contributed by atoms with Crippen LogP contribution in [0, 0.1) is 6.92 Å². The van der Waals surface area contributed by atoms with Gasteiger partial charge in [0.05, 0.1) is 21.8 Å². The molecule has 0 aromatic heterocycles. The maximum atomic E-state index is 13.8. The number of nitrogens with zero attached hydrogens (tertiary/aromatic N) is 1. The molecule has 0 spiro atoms. The first kappa shape index (κ1) is 19.7. The van der Waals surface area contributed by atoms with Crippen molar-refractivity contribution in [1.82, 2.24) is 0 Å². The summed E-state index contributed by atoms with van der Waals surface area (Å²) >= 11 is 0. The Balaban J connectivity index is 2.00. The highest BCUT2D eigenvalue weighted by atomic mass is 32.2. The second kappa shape index (κ2) is 7.65. The van der Waals surface area contributed by atoms with E-state index in [1.54, 1.807) is 43.3 Å². The molecule has 0 aliphatic carbocycles. The van der Waals surface area contributed by atoms with E-state index >= 15 is 0 Å². The number of para-hydroxylation sites is 1. The van der Waals surface area contributed by atoms with Crippen LogP contribution in [0.1, 0.15) is 15.9 Å². The molecule has 4 aromatic carbocycles. The van der Waals surface area contributed by atoms with Crippen molar-refractivity contribution in [2.24, 2.45) is 0 Å². The van der Waals surface area contributed by atoms with Gasteiger partial charge in [0.2, 0.25) is 0 Å². The molecule has 0 unspecified atom stereocenters. The van der Waals surface area contributed by atoms with Crippen LogP contribution in [0.2, 0.25) is 0 Å². The fourth-order valence-electron chi connectivity index (χ4n) is 3.45. The van der Waals surface area contributed by atoms with Gasteiger partial charge in [-0.3, -0.25) is 0 Å². The molecule has 0 atom stereocenters. The van der Waals surface area contributed by atoms with E-state index in [-0.39, 0.29) is 10.5 Å². The van der Waals surface area contributed by atoms with E-state index in [2.05, 4.69) is 0 Å². The minimum absolute atomic E-state index is 0.0398. The molecule has 4 aromatic rings. The minimum Gasteiger partial charge on any atom is -0.478 e. The van der Waals surface area contributed by atoms with Crippen LogP contribution < -0.4 is 4.31 Å². The fraction of sp³-hybridized carbons (Fsp3) is 0.0417. The maximum Gasteiger partial charge on any atom is 0.335 e. The average molecular weight is 417 g/mol. The fourth-order valence-corrected chi connectivity index (χ4v) is 4.99. The molecule has 0 fully saturated rings. The molecule has 1 N–H and O–H groups in total. The quantitative estimate of drug-likeness (QED) is 0.473. The number of aromatic carboxylic acids is 1. The zero-order valence-electron chi connectivity index (χ0n) is 16.2. The molecule has 30 heavy (non-hydrogen) atoms. The number of carboxylic acids is 1. The van der Waals surface area contributed by atoms with Gasteiger partial charge in [-0.2, -0.15) is 0 Å². The van der Waals surface area contributed by atoms with E-state index in [9.17, 15) is 18.3 Å². The first-order valence-electron chi connectivity index (χ1n) is 9.32. The Morgan fingerprint density at radius 3 is 2.23 bits per heavy atom. The lowest BCUT2D eigenvalue weighted by atomic mass is 10.1. The van der Waals surface area contributed by atoms with Crippen LogP contribution in [0.15, 0.2) is 95.9 Å². The summed E-state index contributed by atoms with van der Waals surface area (Å²) in [6.07, 6.45) is 0. The topological polar surface area (TPSA) is 74.7 Å². The van der Waals surface area contributed by atoms with Gasteiger partial charge in [0.25, 0.3) is 10.0 Å². The molecule has 0 aliphatic rings. The lowest BCUT2D eigenvalue weighted by Crippen LogP contribution is -2.26. The standard InChI is InChI=1S/C24H19NO4S/c1-17-14-15-20(16-22(17)24(26)27)30(28,29)25(19-10-3-2-4-11-19)23-13-7-9-18-8-5-6-12-21(18)23/h2-16H,1H3,(H,26,27). The van der Waals surface area contributed by atoms with Crippen molar-refractivity contribution in [2.75, 3.05) is 4.31 Å². The van der Waals surface area contributed by atoms with Gasteiger partial charge in [0, 0.05) is 5.39 Å². The Labute approximate surface area is 174 Å². The highest BCUT2D eigenvalue weighted by molar-refractivity contribution is 7.93. The van der Waals surface area contributed by atoms with Crippen LogP contribution >= 0.6 is 0 Å². The van der Waals surface area contributed by atoms with E-state index in [0.29, 0.717) is 16.9 Å². The van der Waals surface area contributed by atoms with Gasteiger partial charge in [0.1, 0.15) is 0 Å². The van der Waals surface area contributed by atoms with E-state index < -0.39 is 16.0 Å². The van der Waals surface area contributed by atoms with Crippen LogP contribution in [-0.4, -0.2) is 19.5 Å². The monoisotopic (exact) mass is 417 g/mol. The minimum atomic E-state index is -4.10. The van der Waals surface area contributed by atoms with Gasteiger partial charge in [0.15, 0.2) is 0 Å². The molecule has 0 saturated heterocycles. The lowest BCUT2D eigenvalue weighted by molar-refractivity contribution is 0.0696. The van der Waals surface area contributed by atoms with Gasteiger partial charge in [-0.15, -0.1) is 0 Å². The number of carboxylic acid groups (broad SMARTS) is 1. The maximum absolute atomic E-state index is 13.8. The predicted molar refractivity (Wildman–Crippen MR) is 118 cm³/mol. The van der Waals surface area contributed by atoms with Crippen molar-refractivity contribution in [3.63, 3.8) is 0 Å². The van der Waals surface area contributed by atoms with Crippen molar-refractivity contribution in [1.29, 1.82) is 0 Å². The summed E-state index contributed by atoms with van der Waals surface area (Å²) in [7, 11) is -4.10. The van der Waals surface area contributed by atoms with Crippen molar-refractivity contribution in [3.05, 3.63) is 102 Å². The van der Waals surface area contributed by atoms with Crippen LogP contribution in [0.4, 0.5) is 11.4 Å². The largest absolute Gasteiger partial charge is 0.478 e. The number of aryl methyl sites for hydroxylation is 1. The smallest absolute Gasteiger partial charge is 0.335 e. The molecule has 0 saturated carbocycles. The van der Waals surface area contributed by atoms with Gasteiger partial charge in [-0.25, -0.2) is 17.5 Å². The second-order valence-electron chi connectivity index (χ2n) is 6.89. The third-order valence-electron chi connectivity index (χ3n) is 4.95. The summed E-state index contributed by atoms with van der Waals surface area (Å²) in [4.78, 5) is 11.5. The zero-order valence-corrected chi connectivity index (χ0v) is 17.0. The third-order valence-corrected chi connectivity index (χ3v) is 6.69. The third kappa shape index (κ3) is 3.42. The summed E-state index contributed by atoms with van der Waals surface area (Å²) in [5.74, 6) is -1.17. The lowest BCUT2D eigenvalue weighted by Gasteiger charge is -2.26. The van der Waals surface area contributed by atoms with Gasteiger partial charge < -0.3 is 5.11 Å². The summed E-state index contributed by atoms with van der Waals surface area (Å²) in [6, 6.07) is 26.0. The van der Waals surface area contributed by atoms with Crippen LogP contribution in [0.3, 0.4) is 0 Å². The molecule has 0 bridgehead atoms. The number of benzene rings is 4. The molecule has 0 aliphatic heterocycles. The molecular formula is C24H19NO4S. The van der Waals surface area contributed by atoms with Gasteiger partial charge in [-0.05, 0) is 48.2 Å². The molecule has 4 rings (SSSR count). The number of carbonyl (C=O) groups is 1. The van der Waals surface area contributed by atoms with Gasteiger partial charge in [-0.1, -0.05) is 60.7 Å². The van der Waals surface area contributed by atoms with E-state index in [1.165, 1.54) is 22.5 Å². The number of anilines is 2. The van der Waals surface area contributed by atoms with Gasteiger partial charge >= 0.3 is 5.97 Å². The summed E-state index contributed by atoms with van der Waals surface area (Å²) < 4.78 is 28.9. The van der Waals surface area contributed by atoms with Crippen molar-refractivity contribution >= 4 is 38.1 Å². The zero-order chi connectivity index (χ0) is 21.3. The van der Waals surface area contributed by atoms with E-state index in [0.717, 1.165) is 10.8 Å². The summed E-state index contributed by atoms with van der Waals surface area (Å²) in [5.41, 5.74) is 1.42. The van der Waals surface area contributed by atoms with Crippen LogP contribution in [-0.2, 0) is 10.0 Å². The Bertz CT molecular complexity index is 1340.